The van der Waals surface area contributed by atoms with E-state index in [4.69, 9.17) is 0 Å². The predicted molar refractivity (Wildman–Crippen MR) is 71.5 cm³/mol. The quantitative estimate of drug-likeness (QED) is 0.913. The van der Waals surface area contributed by atoms with Crippen molar-refractivity contribution in [3.63, 3.8) is 0 Å². The summed E-state index contributed by atoms with van der Waals surface area (Å²) < 4.78 is 1.16. The zero-order valence-corrected chi connectivity index (χ0v) is 11.3. The molecule has 2 nitrogen and oxygen atoms in total. The average molecular weight is 283 g/mol. The van der Waals surface area contributed by atoms with Gasteiger partial charge in [0.15, 0.2) is 0 Å². The molecule has 0 aliphatic carbocycles. The van der Waals surface area contributed by atoms with Crippen molar-refractivity contribution >= 4 is 15.9 Å². The number of halogens is 1. The van der Waals surface area contributed by atoms with Crippen molar-refractivity contribution in [2.75, 3.05) is 26.7 Å². The second-order valence-corrected chi connectivity index (χ2v) is 5.59. The van der Waals surface area contributed by atoms with Gasteiger partial charge >= 0.3 is 0 Å². The van der Waals surface area contributed by atoms with Gasteiger partial charge in [0.25, 0.3) is 0 Å². The molecule has 0 amide bonds. The minimum atomic E-state index is 0.831. The van der Waals surface area contributed by atoms with E-state index in [1.807, 2.05) is 0 Å². The van der Waals surface area contributed by atoms with E-state index in [0.29, 0.717) is 0 Å². The maximum absolute atomic E-state index is 3.54. The molecule has 1 saturated heterocycles. The Morgan fingerprint density at radius 3 is 3.06 bits per heavy atom. The molecule has 1 fully saturated rings. The summed E-state index contributed by atoms with van der Waals surface area (Å²) in [5, 5.41) is 3.54. The van der Waals surface area contributed by atoms with E-state index >= 15 is 0 Å². The van der Waals surface area contributed by atoms with Crippen LogP contribution in [0.25, 0.3) is 0 Å². The molecule has 0 bridgehead atoms. The number of hydrogen-bond acceptors (Lipinski definition) is 2. The van der Waals surface area contributed by atoms with Gasteiger partial charge in [-0.25, -0.2) is 0 Å². The fourth-order valence-electron chi connectivity index (χ4n) is 2.26. The first-order chi connectivity index (χ1) is 7.74. The third kappa shape index (κ3) is 3.58. The van der Waals surface area contributed by atoms with Gasteiger partial charge in [0, 0.05) is 17.6 Å². The fourth-order valence-corrected chi connectivity index (χ4v) is 2.71. The minimum absolute atomic E-state index is 0.831. The van der Waals surface area contributed by atoms with Crippen molar-refractivity contribution in [2.24, 2.45) is 5.92 Å². The molecule has 1 unspecified atom stereocenters. The molecule has 88 valence electrons. The van der Waals surface area contributed by atoms with Crippen LogP contribution in [0, 0.1) is 5.92 Å². The first kappa shape index (κ1) is 12.1. The zero-order chi connectivity index (χ0) is 11.4. The molecule has 1 aliphatic rings. The van der Waals surface area contributed by atoms with Gasteiger partial charge in [0.2, 0.25) is 0 Å². The smallest absolute Gasteiger partial charge is 0.0206 e. The molecule has 1 N–H and O–H groups in total. The van der Waals surface area contributed by atoms with Crippen LogP contribution >= 0.6 is 15.9 Å². The highest BCUT2D eigenvalue weighted by atomic mass is 79.9. The van der Waals surface area contributed by atoms with Crippen LogP contribution in [0.1, 0.15) is 12.0 Å². The van der Waals surface area contributed by atoms with Crippen molar-refractivity contribution in [1.29, 1.82) is 0 Å². The molecule has 0 spiro atoms. The lowest BCUT2D eigenvalue weighted by molar-refractivity contribution is 0.388. The molecule has 1 heterocycles. The predicted octanol–water partition coefficient (Wildman–Crippen LogP) is 2.49. The van der Waals surface area contributed by atoms with Crippen molar-refractivity contribution in [3.05, 3.63) is 34.3 Å². The number of benzene rings is 1. The molecule has 0 saturated carbocycles. The van der Waals surface area contributed by atoms with Crippen LogP contribution in [0.5, 0.6) is 0 Å². The van der Waals surface area contributed by atoms with E-state index in [2.05, 4.69) is 57.5 Å². The van der Waals surface area contributed by atoms with Crippen LogP contribution in [-0.4, -0.2) is 31.6 Å². The Labute approximate surface area is 106 Å². The molecule has 1 aromatic carbocycles. The van der Waals surface area contributed by atoms with Gasteiger partial charge < -0.3 is 10.2 Å². The van der Waals surface area contributed by atoms with Crippen LogP contribution in [0.4, 0.5) is 0 Å². The van der Waals surface area contributed by atoms with E-state index in [9.17, 15) is 0 Å². The molecule has 1 aliphatic heterocycles. The van der Waals surface area contributed by atoms with E-state index in [0.717, 1.165) is 23.5 Å². The molecule has 0 aromatic heterocycles. The van der Waals surface area contributed by atoms with Crippen LogP contribution in [0.3, 0.4) is 0 Å². The lowest BCUT2D eigenvalue weighted by atomic mass is 10.1. The number of hydrogen-bond donors (Lipinski definition) is 1. The maximum atomic E-state index is 3.54. The van der Waals surface area contributed by atoms with Gasteiger partial charge in [-0.3, -0.25) is 0 Å². The van der Waals surface area contributed by atoms with Crippen molar-refractivity contribution in [3.8, 4) is 0 Å². The second-order valence-electron chi connectivity index (χ2n) is 4.68. The minimum Gasteiger partial charge on any atom is -0.312 e. The molecule has 2 rings (SSSR count). The lowest BCUT2D eigenvalue weighted by Gasteiger charge is -2.11. The highest BCUT2D eigenvalue weighted by molar-refractivity contribution is 9.10. The zero-order valence-electron chi connectivity index (χ0n) is 9.75. The van der Waals surface area contributed by atoms with Gasteiger partial charge in [0.1, 0.15) is 0 Å². The molecule has 3 heteroatoms. The van der Waals surface area contributed by atoms with Gasteiger partial charge in [-0.15, -0.1) is 0 Å². The third-order valence-corrected chi connectivity index (χ3v) is 3.63. The summed E-state index contributed by atoms with van der Waals surface area (Å²) >= 11 is 3.49. The van der Waals surface area contributed by atoms with E-state index in [1.165, 1.54) is 25.1 Å². The summed E-state index contributed by atoms with van der Waals surface area (Å²) in [7, 11) is 2.20. The molecule has 1 aromatic rings. The van der Waals surface area contributed by atoms with Gasteiger partial charge in [-0.05, 0) is 50.2 Å². The lowest BCUT2D eigenvalue weighted by Crippen LogP contribution is -2.24. The Morgan fingerprint density at radius 2 is 2.38 bits per heavy atom. The Bertz CT molecular complexity index is 340. The Balaban J connectivity index is 1.72. The third-order valence-electron chi connectivity index (χ3n) is 3.14. The average Bonchev–Trinajstić information content (AvgIpc) is 2.64. The first-order valence-corrected chi connectivity index (χ1v) is 6.67. The van der Waals surface area contributed by atoms with E-state index < -0.39 is 0 Å². The normalized spacial score (nSPS) is 21.5. The molecular weight excluding hydrogens is 264 g/mol. The SMILES string of the molecule is CN1CCC(CNCc2cccc(Br)c2)C1. The molecule has 16 heavy (non-hydrogen) atoms. The summed E-state index contributed by atoms with van der Waals surface area (Å²) in [4.78, 5) is 2.41. The van der Waals surface area contributed by atoms with Gasteiger partial charge in [0.05, 0.1) is 0 Å². The largest absolute Gasteiger partial charge is 0.312 e. The van der Waals surface area contributed by atoms with Gasteiger partial charge in [-0.2, -0.15) is 0 Å². The fraction of sp³-hybridized carbons (Fsp3) is 0.538. The number of nitrogens with one attached hydrogen (secondary N) is 1. The number of rotatable bonds is 4. The van der Waals surface area contributed by atoms with Gasteiger partial charge in [-0.1, -0.05) is 28.1 Å². The Morgan fingerprint density at radius 1 is 1.50 bits per heavy atom. The van der Waals surface area contributed by atoms with Crippen LogP contribution in [0.15, 0.2) is 28.7 Å². The maximum Gasteiger partial charge on any atom is 0.0206 e. The highest BCUT2D eigenvalue weighted by Crippen LogP contribution is 2.14. The number of nitrogens with zero attached hydrogens (tertiary/aromatic N) is 1. The summed E-state index contributed by atoms with van der Waals surface area (Å²) in [5.74, 6) is 0.831. The summed E-state index contributed by atoms with van der Waals surface area (Å²) in [6, 6.07) is 8.49. The van der Waals surface area contributed by atoms with Crippen LogP contribution in [-0.2, 0) is 6.54 Å². The van der Waals surface area contributed by atoms with Crippen molar-refractivity contribution in [2.45, 2.75) is 13.0 Å². The van der Waals surface area contributed by atoms with Crippen LogP contribution in [0.2, 0.25) is 0 Å². The highest BCUT2D eigenvalue weighted by Gasteiger charge is 2.18. The van der Waals surface area contributed by atoms with Crippen molar-refractivity contribution < 1.29 is 0 Å². The standard InChI is InChI=1S/C13H19BrN2/c1-16-6-5-12(10-16)9-15-8-11-3-2-4-13(14)7-11/h2-4,7,12,15H,5-6,8-10H2,1H3. The summed E-state index contributed by atoms with van der Waals surface area (Å²) in [6.07, 6.45) is 1.34. The monoisotopic (exact) mass is 282 g/mol. The Kier molecular flexibility index (Phi) is 4.38. The first-order valence-electron chi connectivity index (χ1n) is 5.88. The Hall–Kier alpha value is -0.380. The second kappa shape index (κ2) is 5.80. The number of likely N-dealkylation sites (tertiary alicyclic amines) is 1. The molecule has 0 radical (unpaired) electrons. The summed E-state index contributed by atoms with van der Waals surface area (Å²) in [6.45, 7) is 4.60. The summed E-state index contributed by atoms with van der Waals surface area (Å²) in [5.41, 5.74) is 1.35. The van der Waals surface area contributed by atoms with E-state index in [1.54, 1.807) is 0 Å². The topological polar surface area (TPSA) is 15.3 Å². The molecule has 1 atom stereocenters. The van der Waals surface area contributed by atoms with E-state index in [-0.39, 0.29) is 0 Å². The molecular formula is C13H19BrN2. The van der Waals surface area contributed by atoms with Crippen LogP contribution < -0.4 is 5.32 Å². The van der Waals surface area contributed by atoms with Crippen molar-refractivity contribution in [1.82, 2.24) is 10.2 Å².